The number of hydrogen-bond acceptors (Lipinski definition) is 10. The second-order valence-corrected chi connectivity index (χ2v) is 14.4. The topological polar surface area (TPSA) is 108 Å². The number of benzene rings is 1. The van der Waals surface area contributed by atoms with E-state index in [2.05, 4.69) is 51.4 Å². The monoisotopic (exact) mass is 574 g/mol. The van der Waals surface area contributed by atoms with E-state index in [1.807, 2.05) is 37.3 Å². The van der Waals surface area contributed by atoms with Gasteiger partial charge in [-0.1, -0.05) is 18.2 Å². The number of nitrogens with one attached hydrogen (secondary N) is 2. The number of piperidine rings is 1. The third-order valence-corrected chi connectivity index (χ3v) is 9.15. The van der Waals surface area contributed by atoms with Gasteiger partial charge in [-0.3, -0.25) is 4.98 Å². The SMILES string of the molecule is COc1nc(N2CCC(N(C)C)CC2)c(C)cc1Nc1ncc(C)c(Nc2cnc3ccccc3c2P(C)(C)=O)n1. The number of anilines is 5. The van der Waals surface area contributed by atoms with Crippen molar-refractivity contribution in [2.75, 3.05) is 63.2 Å². The van der Waals surface area contributed by atoms with Gasteiger partial charge in [0, 0.05) is 41.6 Å². The minimum atomic E-state index is -2.65. The normalized spacial score (nSPS) is 14.5. The summed E-state index contributed by atoms with van der Waals surface area (Å²) in [7, 11) is 3.25. The number of para-hydroxylation sites is 1. The maximum Gasteiger partial charge on any atom is 0.239 e. The maximum atomic E-state index is 13.4. The van der Waals surface area contributed by atoms with E-state index in [9.17, 15) is 4.57 Å². The number of hydrogen-bond donors (Lipinski definition) is 2. The molecule has 0 amide bonds. The molecule has 0 atom stereocenters. The van der Waals surface area contributed by atoms with Gasteiger partial charge in [0.2, 0.25) is 11.8 Å². The van der Waals surface area contributed by atoms with Crippen LogP contribution in [-0.4, -0.2) is 78.5 Å². The lowest BCUT2D eigenvalue weighted by Gasteiger charge is -2.36. The van der Waals surface area contributed by atoms with Gasteiger partial charge < -0.3 is 29.7 Å². The van der Waals surface area contributed by atoms with E-state index < -0.39 is 7.14 Å². The Balaban J connectivity index is 1.42. The number of fused-ring (bicyclic) bond motifs is 1. The van der Waals surface area contributed by atoms with Crippen LogP contribution in [0, 0.1) is 13.8 Å². The first-order chi connectivity index (χ1) is 19.5. The van der Waals surface area contributed by atoms with Crippen LogP contribution in [0.3, 0.4) is 0 Å². The number of ether oxygens (including phenoxy) is 1. The molecule has 0 bridgehead atoms. The molecule has 0 saturated carbocycles. The Kier molecular flexibility index (Phi) is 8.16. The van der Waals surface area contributed by atoms with Gasteiger partial charge >= 0.3 is 0 Å². The summed E-state index contributed by atoms with van der Waals surface area (Å²) < 4.78 is 19.1. The van der Waals surface area contributed by atoms with E-state index in [-0.39, 0.29) is 0 Å². The van der Waals surface area contributed by atoms with Crippen LogP contribution in [0.5, 0.6) is 5.88 Å². The molecule has 41 heavy (non-hydrogen) atoms. The summed E-state index contributed by atoms with van der Waals surface area (Å²) in [5.41, 5.74) is 4.05. The van der Waals surface area contributed by atoms with Crippen molar-refractivity contribution >= 4 is 52.3 Å². The predicted octanol–water partition coefficient (Wildman–Crippen LogP) is 5.31. The third kappa shape index (κ3) is 6.14. The Morgan fingerprint density at radius 3 is 2.39 bits per heavy atom. The van der Waals surface area contributed by atoms with Crippen LogP contribution in [0.4, 0.5) is 29.0 Å². The van der Waals surface area contributed by atoms with Gasteiger partial charge in [-0.15, -0.1) is 0 Å². The Morgan fingerprint density at radius 2 is 1.71 bits per heavy atom. The van der Waals surface area contributed by atoms with Crippen molar-refractivity contribution in [1.29, 1.82) is 0 Å². The highest BCUT2D eigenvalue weighted by Gasteiger charge is 2.24. The van der Waals surface area contributed by atoms with Crippen molar-refractivity contribution in [2.24, 2.45) is 0 Å². The van der Waals surface area contributed by atoms with Crippen LogP contribution in [0.1, 0.15) is 24.0 Å². The second-order valence-electron chi connectivity index (χ2n) is 11.2. The van der Waals surface area contributed by atoms with E-state index >= 15 is 0 Å². The number of methoxy groups -OCH3 is 1. The Labute approximate surface area is 242 Å². The summed E-state index contributed by atoms with van der Waals surface area (Å²) in [5.74, 6) is 2.41. The molecule has 1 aliphatic heterocycles. The van der Waals surface area contributed by atoms with Crippen LogP contribution in [0.15, 0.2) is 42.7 Å². The smallest absolute Gasteiger partial charge is 0.239 e. The Hall–Kier alpha value is -3.75. The fourth-order valence-corrected chi connectivity index (χ4v) is 6.88. The quantitative estimate of drug-likeness (QED) is 0.269. The molecule has 1 aliphatic rings. The minimum Gasteiger partial charge on any atom is -0.479 e. The molecule has 0 unspecified atom stereocenters. The number of pyridine rings is 2. The summed E-state index contributed by atoms with van der Waals surface area (Å²) in [4.78, 5) is 23.4. The summed E-state index contributed by atoms with van der Waals surface area (Å²) >= 11 is 0. The summed E-state index contributed by atoms with van der Waals surface area (Å²) in [6, 6.07) is 10.4. The van der Waals surface area contributed by atoms with Crippen molar-refractivity contribution in [1.82, 2.24) is 24.8 Å². The minimum absolute atomic E-state index is 0.392. The van der Waals surface area contributed by atoms with Crippen LogP contribution >= 0.6 is 7.14 Å². The van der Waals surface area contributed by atoms with Gasteiger partial charge in [-0.2, -0.15) is 9.97 Å². The van der Waals surface area contributed by atoms with Gasteiger partial charge in [-0.05, 0) is 71.8 Å². The van der Waals surface area contributed by atoms with E-state index in [0.29, 0.717) is 35.1 Å². The lowest BCUT2D eigenvalue weighted by atomic mass is 10.0. The molecule has 10 nitrogen and oxygen atoms in total. The molecule has 1 aromatic carbocycles. The van der Waals surface area contributed by atoms with Crippen molar-refractivity contribution in [3.05, 3.63) is 53.9 Å². The fourth-order valence-electron chi connectivity index (χ4n) is 5.42. The molecule has 0 aliphatic carbocycles. The summed E-state index contributed by atoms with van der Waals surface area (Å²) in [5, 5.41) is 8.31. The van der Waals surface area contributed by atoms with Gasteiger partial charge in [0.25, 0.3) is 0 Å². The first-order valence-electron chi connectivity index (χ1n) is 13.8. The number of aryl methyl sites for hydroxylation is 2. The average molecular weight is 575 g/mol. The zero-order chi connectivity index (χ0) is 29.3. The van der Waals surface area contributed by atoms with Crippen LogP contribution < -0.4 is 25.6 Å². The molecular weight excluding hydrogens is 535 g/mol. The lowest BCUT2D eigenvalue weighted by molar-refractivity contribution is 0.249. The summed E-state index contributed by atoms with van der Waals surface area (Å²) in [6.07, 6.45) is 5.68. The first-order valence-corrected chi connectivity index (χ1v) is 16.4. The molecule has 4 aromatic rings. The highest BCUT2D eigenvalue weighted by molar-refractivity contribution is 7.71. The van der Waals surface area contributed by atoms with Crippen molar-refractivity contribution in [3.63, 3.8) is 0 Å². The maximum absolute atomic E-state index is 13.4. The highest BCUT2D eigenvalue weighted by Crippen LogP contribution is 2.41. The zero-order valence-electron chi connectivity index (χ0n) is 24.9. The molecule has 11 heteroatoms. The van der Waals surface area contributed by atoms with Gasteiger partial charge in [0.1, 0.15) is 24.5 Å². The van der Waals surface area contributed by atoms with Crippen molar-refractivity contribution < 1.29 is 9.30 Å². The van der Waals surface area contributed by atoms with E-state index in [1.54, 1.807) is 32.8 Å². The molecule has 0 radical (unpaired) electrons. The lowest BCUT2D eigenvalue weighted by Crippen LogP contribution is -2.42. The van der Waals surface area contributed by atoms with E-state index in [1.165, 1.54) is 0 Å². The fraction of sp³-hybridized carbons (Fsp3) is 0.400. The van der Waals surface area contributed by atoms with E-state index in [4.69, 9.17) is 14.7 Å². The number of rotatable bonds is 8. The number of aromatic nitrogens is 4. The third-order valence-electron chi connectivity index (χ3n) is 7.60. The van der Waals surface area contributed by atoms with Gasteiger partial charge in [-0.25, -0.2) is 4.98 Å². The molecule has 216 valence electrons. The van der Waals surface area contributed by atoms with Crippen molar-refractivity contribution in [3.8, 4) is 5.88 Å². The van der Waals surface area contributed by atoms with Crippen molar-refractivity contribution in [2.45, 2.75) is 32.7 Å². The van der Waals surface area contributed by atoms with Gasteiger partial charge in [0.15, 0.2) is 0 Å². The molecule has 1 fully saturated rings. The standard InChI is InChI=1S/C30H39N8O2P/c1-19-16-24(29(40-5)36-28(19)38-14-12-21(13-15-38)37(3)4)34-30-32-17-20(2)27(35-30)33-25-18-31-23-11-9-8-10-22(23)26(25)41(6,7)39/h8-11,16-18,21H,12-15H2,1-7H3,(H2,32,33,34,35). The predicted molar refractivity (Wildman–Crippen MR) is 169 cm³/mol. The number of nitrogens with zero attached hydrogens (tertiary/aromatic N) is 6. The molecule has 3 aromatic heterocycles. The molecule has 5 rings (SSSR count). The zero-order valence-corrected chi connectivity index (χ0v) is 25.8. The second kappa shape index (κ2) is 11.6. The van der Waals surface area contributed by atoms with Crippen LogP contribution in [0.2, 0.25) is 0 Å². The first kappa shape index (κ1) is 28.8. The Bertz CT molecular complexity index is 1610. The van der Waals surface area contributed by atoms with Crippen LogP contribution in [0.25, 0.3) is 10.9 Å². The average Bonchev–Trinajstić information content (AvgIpc) is 2.94. The summed E-state index contributed by atoms with van der Waals surface area (Å²) in [6.45, 7) is 9.45. The van der Waals surface area contributed by atoms with Crippen LogP contribution in [-0.2, 0) is 4.57 Å². The molecule has 2 N–H and O–H groups in total. The molecule has 4 heterocycles. The molecule has 0 spiro atoms. The molecule has 1 saturated heterocycles. The van der Waals surface area contributed by atoms with E-state index in [0.717, 1.165) is 59.1 Å². The highest BCUT2D eigenvalue weighted by atomic mass is 31.2. The molecular formula is C30H39N8O2P. The Morgan fingerprint density at radius 1 is 0.976 bits per heavy atom. The largest absolute Gasteiger partial charge is 0.479 e. The van der Waals surface area contributed by atoms with Gasteiger partial charge in [0.05, 0.1) is 24.5 Å².